The van der Waals surface area contributed by atoms with Gasteiger partial charge in [-0.1, -0.05) is 35.9 Å². The summed E-state index contributed by atoms with van der Waals surface area (Å²) in [6.45, 7) is 2.11. The highest BCUT2D eigenvalue weighted by atomic mass is 35.5. The molecule has 0 aromatic heterocycles. The van der Waals surface area contributed by atoms with E-state index in [9.17, 15) is 19.5 Å². The minimum atomic E-state index is -1.26. The molecule has 0 spiro atoms. The molecule has 1 heterocycles. The van der Waals surface area contributed by atoms with Gasteiger partial charge in [-0.25, -0.2) is 4.79 Å². The molecule has 1 aliphatic rings. The number of benzene rings is 2. The number of carboxylic acids is 1. The van der Waals surface area contributed by atoms with Crippen molar-refractivity contribution in [3.63, 3.8) is 0 Å². The summed E-state index contributed by atoms with van der Waals surface area (Å²) in [5, 5.41) is 11.2. The minimum absolute atomic E-state index is 0.0696. The Kier molecular flexibility index (Phi) is 5.75. The first-order chi connectivity index (χ1) is 13.4. The number of carbonyl (C=O) groups is 3. The number of carbonyl (C=O) groups excluding carboxylic acids is 3. The van der Waals surface area contributed by atoms with Crippen LogP contribution in [0.25, 0.3) is 0 Å². The summed E-state index contributed by atoms with van der Waals surface area (Å²) in [6, 6.07) is 10.7. The number of amides is 3. The van der Waals surface area contributed by atoms with Crippen LogP contribution in [0.1, 0.15) is 28.4 Å². The Bertz CT molecular complexity index is 986. The van der Waals surface area contributed by atoms with Gasteiger partial charge in [-0.2, -0.15) is 4.99 Å². The molecule has 0 saturated heterocycles. The summed E-state index contributed by atoms with van der Waals surface area (Å²) in [5.41, 5.74) is 1.62. The first-order valence-corrected chi connectivity index (χ1v) is 8.91. The Hall–Kier alpha value is -3.19. The molecule has 0 unspecified atom stereocenters. The predicted octanol–water partition coefficient (Wildman–Crippen LogP) is 2.25. The van der Waals surface area contributed by atoms with Crippen molar-refractivity contribution in [3.8, 4) is 5.75 Å². The minimum Gasteiger partial charge on any atom is -0.545 e. The number of aliphatic imine (C=N–C) groups is 1. The number of nitrogens with zero attached hydrogens (tertiary/aromatic N) is 2. The number of imide groups is 1. The number of hydrogen-bond donors (Lipinski definition) is 0. The Morgan fingerprint density at radius 2 is 1.96 bits per heavy atom. The number of ether oxygens (including phenoxy) is 1. The number of rotatable bonds is 7. The number of hydrogen-bond acceptors (Lipinski definition) is 5. The fourth-order valence-corrected chi connectivity index (χ4v) is 3.03. The van der Waals surface area contributed by atoms with E-state index in [0.29, 0.717) is 21.9 Å². The molecule has 0 radical (unpaired) electrons. The highest BCUT2D eigenvalue weighted by Gasteiger charge is 2.31. The van der Waals surface area contributed by atoms with Gasteiger partial charge in [0.2, 0.25) is 0 Å². The molecular weight excluding hydrogens is 384 g/mol. The summed E-state index contributed by atoms with van der Waals surface area (Å²) in [4.78, 5) is 39.5. The van der Waals surface area contributed by atoms with Gasteiger partial charge in [0.05, 0.1) is 11.0 Å². The molecule has 0 N–H and O–H groups in total. The number of halogens is 1. The number of aromatic carboxylic acids is 1. The number of urea groups is 1. The molecule has 0 atom stereocenters. The zero-order valence-corrected chi connectivity index (χ0v) is 15.7. The van der Waals surface area contributed by atoms with Crippen molar-refractivity contribution in [2.24, 2.45) is 4.99 Å². The Labute approximate surface area is 166 Å². The van der Waals surface area contributed by atoms with Crippen molar-refractivity contribution < 1.29 is 24.2 Å². The van der Waals surface area contributed by atoms with Crippen LogP contribution in [0.3, 0.4) is 0 Å². The van der Waals surface area contributed by atoms with Crippen molar-refractivity contribution >= 4 is 35.2 Å². The summed E-state index contributed by atoms with van der Waals surface area (Å²) in [5.74, 6) is -1.24. The van der Waals surface area contributed by atoms with Gasteiger partial charge in [-0.15, -0.1) is 0 Å². The molecular formula is C20H16ClN2O5-. The quantitative estimate of drug-likeness (QED) is 0.711. The van der Waals surface area contributed by atoms with E-state index in [1.165, 1.54) is 12.1 Å². The molecule has 1 aliphatic heterocycles. The van der Waals surface area contributed by atoms with Crippen LogP contribution >= 0.6 is 11.6 Å². The Balaban J connectivity index is 1.67. The highest BCUT2D eigenvalue weighted by molar-refractivity contribution is 6.46. The summed E-state index contributed by atoms with van der Waals surface area (Å²) in [7, 11) is 0. The van der Waals surface area contributed by atoms with E-state index < -0.39 is 17.9 Å². The second-order valence-corrected chi connectivity index (χ2v) is 6.52. The molecule has 0 saturated carbocycles. The van der Waals surface area contributed by atoms with Gasteiger partial charge in [-0.3, -0.25) is 9.69 Å². The first kappa shape index (κ1) is 19.6. The van der Waals surface area contributed by atoms with Gasteiger partial charge < -0.3 is 14.6 Å². The maximum atomic E-state index is 12.1. The van der Waals surface area contributed by atoms with Crippen LogP contribution < -0.4 is 9.84 Å². The molecule has 0 aliphatic carbocycles. The largest absolute Gasteiger partial charge is 0.545 e. The fourth-order valence-electron chi connectivity index (χ4n) is 2.77. The monoisotopic (exact) mass is 399 g/mol. The maximum Gasteiger partial charge on any atom is 0.350 e. The molecule has 3 amide bonds. The van der Waals surface area contributed by atoms with E-state index in [1.54, 1.807) is 37.3 Å². The molecule has 0 fully saturated rings. The average molecular weight is 400 g/mol. The number of carboxylic acid groups (broad SMARTS) is 1. The third kappa shape index (κ3) is 4.20. The molecule has 0 bridgehead atoms. The lowest BCUT2D eigenvalue weighted by Crippen LogP contribution is -2.32. The third-order valence-electron chi connectivity index (χ3n) is 4.19. The van der Waals surface area contributed by atoms with Gasteiger partial charge in [0, 0.05) is 13.0 Å². The highest BCUT2D eigenvalue weighted by Crippen LogP contribution is 2.27. The van der Waals surface area contributed by atoms with E-state index in [2.05, 4.69) is 4.99 Å². The average Bonchev–Trinajstić information content (AvgIpc) is 2.94. The third-order valence-corrected chi connectivity index (χ3v) is 4.49. The summed E-state index contributed by atoms with van der Waals surface area (Å²) in [6.07, 6.45) is 0.189. The van der Waals surface area contributed by atoms with Gasteiger partial charge in [0.1, 0.15) is 18.1 Å². The lowest BCUT2D eigenvalue weighted by atomic mass is 10.1. The molecule has 3 rings (SSSR count). The van der Waals surface area contributed by atoms with Crippen LogP contribution in [-0.4, -0.2) is 35.1 Å². The van der Waals surface area contributed by atoms with Crippen LogP contribution in [-0.2, 0) is 17.8 Å². The van der Waals surface area contributed by atoms with Crippen LogP contribution in [0.4, 0.5) is 4.79 Å². The maximum absolute atomic E-state index is 12.1. The normalized spacial score (nSPS) is 13.6. The van der Waals surface area contributed by atoms with Crippen molar-refractivity contribution in [1.29, 1.82) is 0 Å². The molecule has 144 valence electrons. The summed E-state index contributed by atoms with van der Waals surface area (Å²) >= 11 is 6.25. The van der Waals surface area contributed by atoms with E-state index in [0.717, 1.165) is 4.90 Å². The standard InChI is InChI=1S/C20H17ClN2O5/c1-2-23-18(24)16(22-20(23)27)10-12-6-7-17(15(21)9-12)28-11-13-4-3-5-14(8-13)19(25)26/h3-9H,2,10-11H2,1H3,(H,25,26)/p-1. The first-order valence-electron chi connectivity index (χ1n) is 8.54. The second-order valence-electron chi connectivity index (χ2n) is 6.11. The van der Waals surface area contributed by atoms with E-state index in [1.807, 2.05) is 0 Å². The van der Waals surface area contributed by atoms with Gasteiger partial charge >= 0.3 is 6.03 Å². The second kappa shape index (κ2) is 8.22. The van der Waals surface area contributed by atoms with Gasteiger partial charge in [-0.05, 0) is 41.8 Å². The Morgan fingerprint density at radius 1 is 1.18 bits per heavy atom. The molecule has 28 heavy (non-hydrogen) atoms. The Morgan fingerprint density at radius 3 is 2.61 bits per heavy atom. The zero-order valence-electron chi connectivity index (χ0n) is 15.0. The van der Waals surface area contributed by atoms with E-state index in [-0.39, 0.29) is 30.8 Å². The molecule has 2 aromatic rings. The topological polar surface area (TPSA) is 99.1 Å². The van der Waals surface area contributed by atoms with Gasteiger partial charge in [0.25, 0.3) is 5.91 Å². The smallest absolute Gasteiger partial charge is 0.350 e. The van der Waals surface area contributed by atoms with Crippen molar-refractivity contribution in [2.45, 2.75) is 20.0 Å². The van der Waals surface area contributed by atoms with Crippen molar-refractivity contribution in [3.05, 3.63) is 64.2 Å². The van der Waals surface area contributed by atoms with Crippen molar-refractivity contribution in [2.75, 3.05) is 6.54 Å². The van der Waals surface area contributed by atoms with Crippen LogP contribution in [0.15, 0.2) is 47.5 Å². The lowest BCUT2D eigenvalue weighted by molar-refractivity contribution is -0.255. The van der Waals surface area contributed by atoms with Crippen LogP contribution in [0.2, 0.25) is 5.02 Å². The molecule has 7 nitrogen and oxygen atoms in total. The van der Waals surface area contributed by atoms with E-state index >= 15 is 0 Å². The SMILES string of the molecule is CCN1C(=O)N=C(Cc2ccc(OCc3cccc(C(=O)[O-])c3)c(Cl)c2)C1=O. The van der Waals surface area contributed by atoms with E-state index in [4.69, 9.17) is 16.3 Å². The van der Waals surface area contributed by atoms with Gasteiger partial charge in [0.15, 0.2) is 0 Å². The van der Waals surface area contributed by atoms with Crippen LogP contribution in [0.5, 0.6) is 5.75 Å². The summed E-state index contributed by atoms with van der Waals surface area (Å²) < 4.78 is 5.65. The predicted molar refractivity (Wildman–Crippen MR) is 100 cm³/mol. The lowest BCUT2D eigenvalue weighted by Gasteiger charge is -2.11. The fraction of sp³-hybridized carbons (Fsp3) is 0.200. The zero-order chi connectivity index (χ0) is 20.3. The molecule has 8 heteroatoms. The molecule has 2 aromatic carbocycles. The van der Waals surface area contributed by atoms with Crippen molar-refractivity contribution in [1.82, 2.24) is 4.90 Å². The van der Waals surface area contributed by atoms with Crippen LogP contribution in [0, 0.1) is 0 Å².